The Morgan fingerprint density at radius 1 is 1.35 bits per heavy atom. The number of allylic oxidation sites excluding steroid dienone is 1. The molecule has 0 unspecified atom stereocenters. The molecule has 1 aromatic carbocycles. The number of aromatic nitrogens is 3. The van der Waals surface area contributed by atoms with Gasteiger partial charge in [0.15, 0.2) is 11.0 Å². The van der Waals surface area contributed by atoms with E-state index in [0.29, 0.717) is 33.1 Å². The zero-order valence-electron chi connectivity index (χ0n) is 17.3. The maximum atomic E-state index is 12.6. The van der Waals surface area contributed by atoms with Crippen molar-refractivity contribution in [2.45, 2.75) is 25.5 Å². The Morgan fingerprint density at radius 3 is 2.81 bits per heavy atom. The molecular formula is C21H21ClN4O3S2. The molecule has 0 aliphatic heterocycles. The Morgan fingerprint density at radius 2 is 2.13 bits per heavy atom. The van der Waals surface area contributed by atoms with E-state index in [4.69, 9.17) is 16.3 Å². The number of hydrogen-bond acceptors (Lipinski definition) is 7. The molecular weight excluding hydrogens is 456 g/mol. The van der Waals surface area contributed by atoms with Crippen LogP contribution in [0.4, 0.5) is 5.00 Å². The maximum Gasteiger partial charge on any atom is 0.341 e. The van der Waals surface area contributed by atoms with Crippen molar-refractivity contribution in [2.75, 3.05) is 18.2 Å². The van der Waals surface area contributed by atoms with Crippen molar-refractivity contribution in [2.24, 2.45) is 0 Å². The van der Waals surface area contributed by atoms with Crippen molar-refractivity contribution in [3.05, 3.63) is 57.9 Å². The van der Waals surface area contributed by atoms with E-state index in [1.165, 1.54) is 30.2 Å². The van der Waals surface area contributed by atoms with Crippen LogP contribution in [0.25, 0.3) is 11.4 Å². The number of thioether (sulfide) groups is 1. The van der Waals surface area contributed by atoms with E-state index in [9.17, 15) is 9.59 Å². The molecule has 0 saturated heterocycles. The molecule has 0 aliphatic rings. The topological polar surface area (TPSA) is 86.1 Å². The van der Waals surface area contributed by atoms with Gasteiger partial charge < -0.3 is 10.1 Å². The minimum absolute atomic E-state index is 0.0986. The third-order valence-corrected chi connectivity index (χ3v) is 6.80. The Kier molecular flexibility index (Phi) is 7.53. The lowest BCUT2D eigenvalue weighted by Gasteiger charge is -2.08. The molecule has 0 radical (unpaired) electrons. The Labute approximate surface area is 193 Å². The molecule has 0 fully saturated rings. The molecule has 0 atom stereocenters. The molecule has 3 aromatic rings. The molecule has 0 saturated carbocycles. The van der Waals surface area contributed by atoms with Gasteiger partial charge in [-0.15, -0.1) is 28.1 Å². The third-order valence-electron chi connectivity index (χ3n) is 4.47. The van der Waals surface area contributed by atoms with Crippen LogP contribution in [0.2, 0.25) is 5.02 Å². The highest BCUT2D eigenvalue weighted by atomic mass is 35.5. The van der Waals surface area contributed by atoms with Gasteiger partial charge in [-0.25, -0.2) is 4.79 Å². The van der Waals surface area contributed by atoms with E-state index in [1.54, 1.807) is 12.1 Å². The summed E-state index contributed by atoms with van der Waals surface area (Å²) in [7, 11) is 1.32. The monoisotopic (exact) mass is 476 g/mol. The molecule has 0 spiro atoms. The smallest absolute Gasteiger partial charge is 0.341 e. The molecule has 162 valence electrons. The number of aryl methyl sites for hydroxylation is 1. The van der Waals surface area contributed by atoms with Gasteiger partial charge in [0.2, 0.25) is 5.91 Å². The maximum absolute atomic E-state index is 12.6. The minimum atomic E-state index is -0.471. The summed E-state index contributed by atoms with van der Waals surface area (Å²) in [4.78, 5) is 25.6. The lowest BCUT2D eigenvalue weighted by atomic mass is 10.1. The fraction of sp³-hybridized carbons (Fsp3) is 0.238. The highest BCUT2D eigenvalue weighted by Gasteiger charge is 2.22. The Hall–Kier alpha value is -2.62. The van der Waals surface area contributed by atoms with Gasteiger partial charge in [-0.2, -0.15) is 0 Å². The van der Waals surface area contributed by atoms with Gasteiger partial charge in [-0.3, -0.25) is 9.36 Å². The zero-order valence-corrected chi connectivity index (χ0v) is 19.7. The van der Waals surface area contributed by atoms with Gasteiger partial charge in [0.05, 0.1) is 18.4 Å². The van der Waals surface area contributed by atoms with Crippen LogP contribution in [0.15, 0.2) is 42.1 Å². The zero-order chi connectivity index (χ0) is 22.5. The van der Waals surface area contributed by atoms with Crippen molar-refractivity contribution >= 4 is 51.6 Å². The minimum Gasteiger partial charge on any atom is -0.465 e. The largest absolute Gasteiger partial charge is 0.465 e. The summed E-state index contributed by atoms with van der Waals surface area (Å²) in [5.74, 6) is 0.0138. The summed E-state index contributed by atoms with van der Waals surface area (Å²) >= 11 is 8.70. The van der Waals surface area contributed by atoms with Crippen LogP contribution in [0.3, 0.4) is 0 Å². The first-order valence-electron chi connectivity index (χ1n) is 9.26. The Bertz CT molecular complexity index is 1140. The number of hydrogen-bond donors (Lipinski definition) is 1. The second-order valence-corrected chi connectivity index (χ2v) is 9.14. The van der Waals surface area contributed by atoms with Gasteiger partial charge in [-0.1, -0.05) is 41.6 Å². The molecule has 31 heavy (non-hydrogen) atoms. The number of nitrogens with one attached hydrogen (secondary N) is 1. The lowest BCUT2D eigenvalue weighted by molar-refractivity contribution is -0.113. The summed E-state index contributed by atoms with van der Waals surface area (Å²) in [6, 6.07) is 7.33. The number of ether oxygens (including phenoxy) is 1. The fourth-order valence-corrected chi connectivity index (χ4v) is 4.89. The summed E-state index contributed by atoms with van der Waals surface area (Å²) in [6.07, 6.45) is 1.74. The number of amides is 1. The molecule has 1 N–H and O–H groups in total. The average Bonchev–Trinajstić information content (AvgIpc) is 3.26. The predicted molar refractivity (Wildman–Crippen MR) is 125 cm³/mol. The number of thiophene rings is 1. The van der Waals surface area contributed by atoms with E-state index in [-0.39, 0.29) is 11.7 Å². The molecule has 2 heterocycles. The van der Waals surface area contributed by atoms with Gasteiger partial charge in [-0.05, 0) is 31.5 Å². The lowest BCUT2D eigenvalue weighted by Crippen LogP contribution is -2.16. The first kappa shape index (κ1) is 23.1. The predicted octanol–water partition coefficient (Wildman–Crippen LogP) is 4.98. The summed E-state index contributed by atoms with van der Waals surface area (Å²) in [5, 5.41) is 13.0. The highest BCUT2D eigenvalue weighted by molar-refractivity contribution is 7.99. The van der Waals surface area contributed by atoms with Crippen molar-refractivity contribution in [3.63, 3.8) is 0 Å². The van der Waals surface area contributed by atoms with Crippen LogP contribution < -0.4 is 5.32 Å². The number of anilines is 1. The fourth-order valence-electron chi connectivity index (χ4n) is 2.89. The van der Waals surface area contributed by atoms with E-state index in [0.717, 1.165) is 16.0 Å². The van der Waals surface area contributed by atoms with E-state index in [2.05, 4.69) is 22.1 Å². The number of rotatable bonds is 8. The normalized spacial score (nSPS) is 10.7. The molecule has 2 aromatic heterocycles. The van der Waals surface area contributed by atoms with Crippen LogP contribution in [-0.2, 0) is 16.1 Å². The van der Waals surface area contributed by atoms with Gasteiger partial charge in [0, 0.05) is 22.0 Å². The molecule has 10 heteroatoms. The average molecular weight is 477 g/mol. The molecule has 3 rings (SSSR count). The van der Waals surface area contributed by atoms with Crippen molar-refractivity contribution in [3.8, 4) is 11.4 Å². The van der Waals surface area contributed by atoms with Crippen molar-refractivity contribution < 1.29 is 14.3 Å². The molecule has 0 aliphatic carbocycles. The van der Waals surface area contributed by atoms with Crippen LogP contribution >= 0.6 is 34.7 Å². The quantitative estimate of drug-likeness (QED) is 0.280. The van der Waals surface area contributed by atoms with Gasteiger partial charge in [0.25, 0.3) is 0 Å². The second kappa shape index (κ2) is 10.1. The summed E-state index contributed by atoms with van der Waals surface area (Å²) in [6.45, 7) is 8.00. The Balaban J connectivity index is 1.76. The number of nitrogens with zero attached hydrogens (tertiary/aromatic N) is 3. The SMILES string of the molecule is C=CCn1c(SCC(=O)Nc2sc(C)c(C)c2C(=O)OC)nnc1-c1cccc(Cl)c1. The summed E-state index contributed by atoms with van der Waals surface area (Å²) in [5.41, 5.74) is 2.02. The number of esters is 1. The van der Waals surface area contributed by atoms with Crippen LogP contribution in [0.5, 0.6) is 0 Å². The van der Waals surface area contributed by atoms with E-state index < -0.39 is 5.97 Å². The van der Waals surface area contributed by atoms with Gasteiger partial charge >= 0.3 is 5.97 Å². The molecule has 1 amide bonds. The number of methoxy groups -OCH3 is 1. The first-order chi connectivity index (χ1) is 14.8. The number of carbonyl (C=O) groups is 2. The van der Waals surface area contributed by atoms with Crippen LogP contribution in [0.1, 0.15) is 20.8 Å². The van der Waals surface area contributed by atoms with Crippen molar-refractivity contribution in [1.29, 1.82) is 0 Å². The van der Waals surface area contributed by atoms with Crippen LogP contribution in [-0.4, -0.2) is 39.5 Å². The molecule has 7 nitrogen and oxygen atoms in total. The number of carbonyl (C=O) groups excluding carboxylic acids is 2. The number of halogens is 1. The number of benzene rings is 1. The van der Waals surface area contributed by atoms with Gasteiger partial charge in [0.1, 0.15) is 5.00 Å². The third kappa shape index (κ3) is 5.17. The van der Waals surface area contributed by atoms with Crippen LogP contribution in [0, 0.1) is 13.8 Å². The van der Waals surface area contributed by atoms with E-state index >= 15 is 0 Å². The molecule has 0 bridgehead atoms. The first-order valence-corrected chi connectivity index (χ1v) is 11.4. The summed E-state index contributed by atoms with van der Waals surface area (Å²) < 4.78 is 6.72. The standard InChI is InChI=1S/C21H21ClN4O3S2/c1-5-9-26-18(14-7-6-8-15(22)10-14)24-25-21(26)30-11-16(27)23-19-17(20(28)29-4)12(2)13(3)31-19/h5-8,10H,1,9,11H2,2-4H3,(H,23,27). The second-order valence-electron chi connectivity index (χ2n) is 6.53. The van der Waals surface area contributed by atoms with Crippen molar-refractivity contribution in [1.82, 2.24) is 14.8 Å². The van der Waals surface area contributed by atoms with E-state index in [1.807, 2.05) is 36.6 Å². The highest BCUT2D eigenvalue weighted by Crippen LogP contribution is 2.33.